The molecule has 0 saturated carbocycles. The number of hydrogen-bond acceptors (Lipinski definition) is 3. The number of hydrogen-bond donors (Lipinski definition) is 1. The summed E-state index contributed by atoms with van der Waals surface area (Å²) in [4.78, 5) is 12.1. The zero-order valence-corrected chi connectivity index (χ0v) is 12.5. The molecule has 0 saturated heterocycles. The average Bonchev–Trinajstić information content (AvgIpc) is 3.15. The zero-order valence-electron chi connectivity index (χ0n) is 12.5. The van der Waals surface area contributed by atoms with Gasteiger partial charge in [-0.05, 0) is 43.7 Å². The summed E-state index contributed by atoms with van der Waals surface area (Å²) in [5.74, 6) is 1.26. The highest BCUT2D eigenvalue weighted by molar-refractivity contribution is 5.95. The predicted octanol–water partition coefficient (Wildman–Crippen LogP) is 3.01. The molecule has 0 aliphatic heterocycles. The van der Waals surface area contributed by atoms with Gasteiger partial charge in [0, 0.05) is 18.9 Å². The first kappa shape index (κ1) is 14.1. The number of nitrogens with zero attached hydrogens (tertiary/aromatic N) is 2. The second-order valence-corrected chi connectivity index (χ2v) is 5.13. The fourth-order valence-corrected chi connectivity index (χ4v) is 2.32. The molecular formula is C17H17N3O2. The first-order valence-electron chi connectivity index (χ1n) is 7.07. The highest BCUT2D eigenvalue weighted by atomic mass is 16.3. The first-order valence-corrected chi connectivity index (χ1v) is 7.07. The Morgan fingerprint density at radius 1 is 1.27 bits per heavy atom. The molecule has 112 valence electrons. The molecule has 0 radical (unpaired) electrons. The number of aryl methyl sites for hydroxylation is 2. The maximum atomic E-state index is 12.1. The number of carbonyl (C=O) groups is 1. The minimum atomic E-state index is -0.120. The van der Waals surface area contributed by atoms with Crippen molar-refractivity contribution in [3.63, 3.8) is 0 Å². The molecule has 1 N–H and O–H groups in total. The average molecular weight is 295 g/mol. The molecule has 2 aromatic heterocycles. The Labute approximate surface area is 128 Å². The molecule has 3 rings (SSSR count). The van der Waals surface area contributed by atoms with Crippen LogP contribution in [-0.4, -0.2) is 15.7 Å². The predicted molar refractivity (Wildman–Crippen MR) is 82.9 cm³/mol. The molecule has 0 atom stereocenters. The van der Waals surface area contributed by atoms with Crippen LogP contribution in [0.1, 0.15) is 27.4 Å². The van der Waals surface area contributed by atoms with Crippen LogP contribution in [0.4, 0.5) is 0 Å². The Morgan fingerprint density at radius 3 is 2.64 bits per heavy atom. The third kappa shape index (κ3) is 2.93. The maximum Gasteiger partial charge on any atom is 0.255 e. The molecule has 0 bridgehead atoms. The number of rotatable bonds is 4. The van der Waals surface area contributed by atoms with Gasteiger partial charge in [-0.3, -0.25) is 4.79 Å². The van der Waals surface area contributed by atoms with Crippen LogP contribution >= 0.6 is 0 Å². The van der Waals surface area contributed by atoms with Gasteiger partial charge in [0.15, 0.2) is 0 Å². The van der Waals surface area contributed by atoms with Gasteiger partial charge in [0.05, 0.1) is 11.3 Å². The first-order chi connectivity index (χ1) is 10.6. The molecule has 2 heterocycles. The lowest BCUT2D eigenvalue weighted by Crippen LogP contribution is -2.22. The number of carbonyl (C=O) groups excluding carboxylic acids is 1. The summed E-state index contributed by atoms with van der Waals surface area (Å²) in [6, 6.07) is 11.5. The smallest absolute Gasteiger partial charge is 0.255 e. The van der Waals surface area contributed by atoms with Gasteiger partial charge < -0.3 is 9.73 Å². The van der Waals surface area contributed by atoms with Crippen LogP contribution in [0, 0.1) is 13.8 Å². The Hall–Kier alpha value is -2.82. The number of aromatic nitrogens is 2. The summed E-state index contributed by atoms with van der Waals surface area (Å²) in [5, 5.41) is 7.08. The number of benzene rings is 1. The molecule has 22 heavy (non-hydrogen) atoms. The number of amides is 1. The van der Waals surface area contributed by atoms with Gasteiger partial charge in [-0.15, -0.1) is 0 Å². The van der Waals surface area contributed by atoms with Crippen LogP contribution < -0.4 is 5.32 Å². The van der Waals surface area contributed by atoms with Crippen molar-refractivity contribution in [2.45, 2.75) is 20.4 Å². The van der Waals surface area contributed by atoms with Crippen molar-refractivity contribution >= 4 is 5.91 Å². The lowest BCUT2D eigenvalue weighted by atomic mass is 10.2. The summed E-state index contributed by atoms with van der Waals surface area (Å²) in [6.45, 7) is 4.10. The van der Waals surface area contributed by atoms with E-state index in [0.717, 1.165) is 17.0 Å². The van der Waals surface area contributed by atoms with Crippen molar-refractivity contribution in [1.82, 2.24) is 15.1 Å². The van der Waals surface area contributed by atoms with E-state index in [9.17, 15) is 4.79 Å². The molecule has 0 aliphatic carbocycles. The molecule has 5 heteroatoms. The van der Waals surface area contributed by atoms with Crippen LogP contribution in [0.2, 0.25) is 0 Å². The summed E-state index contributed by atoms with van der Waals surface area (Å²) < 4.78 is 7.17. The van der Waals surface area contributed by atoms with E-state index >= 15 is 0 Å². The summed E-state index contributed by atoms with van der Waals surface area (Å²) in [5.41, 5.74) is 2.61. The van der Waals surface area contributed by atoms with Crippen molar-refractivity contribution in [2.24, 2.45) is 0 Å². The molecule has 0 fully saturated rings. The van der Waals surface area contributed by atoms with Crippen molar-refractivity contribution < 1.29 is 9.21 Å². The second-order valence-electron chi connectivity index (χ2n) is 5.13. The lowest BCUT2D eigenvalue weighted by Gasteiger charge is -2.06. The van der Waals surface area contributed by atoms with Crippen LogP contribution in [0.5, 0.6) is 0 Å². The molecule has 3 aromatic rings. The summed E-state index contributed by atoms with van der Waals surface area (Å²) >= 11 is 0. The molecule has 5 nitrogen and oxygen atoms in total. The maximum absolute atomic E-state index is 12.1. The quantitative estimate of drug-likeness (QED) is 0.805. The minimum Gasteiger partial charge on any atom is -0.466 e. The van der Waals surface area contributed by atoms with Crippen molar-refractivity contribution in [2.75, 3.05) is 0 Å². The van der Waals surface area contributed by atoms with Crippen LogP contribution in [-0.2, 0) is 6.54 Å². The van der Waals surface area contributed by atoms with Gasteiger partial charge in [-0.25, -0.2) is 4.68 Å². The van der Waals surface area contributed by atoms with Gasteiger partial charge in [0.2, 0.25) is 0 Å². The fraction of sp³-hybridized carbons (Fsp3) is 0.176. The van der Waals surface area contributed by atoms with E-state index in [-0.39, 0.29) is 5.91 Å². The van der Waals surface area contributed by atoms with E-state index in [0.29, 0.717) is 17.9 Å². The Balaban J connectivity index is 1.64. The summed E-state index contributed by atoms with van der Waals surface area (Å²) in [7, 11) is 0. The molecular weight excluding hydrogens is 278 g/mol. The largest absolute Gasteiger partial charge is 0.466 e. The fourth-order valence-electron chi connectivity index (χ4n) is 2.32. The molecule has 1 amide bonds. The normalized spacial score (nSPS) is 10.6. The monoisotopic (exact) mass is 295 g/mol. The van der Waals surface area contributed by atoms with Gasteiger partial charge >= 0.3 is 0 Å². The highest BCUT2D eigenvalue weighted by Gasteiger charge is 2.12. The Bertz CT molecular complexity index is 771. The molecule has 0 spiro atoms. The standard InChI is InChI=1S/C17H17N3O2/c1-12-10-16(13(2)22-12)17(21)18-11-14-4-6-15(7-5-14)20-9-3-8-19-20/h3-10H,11H2,1-2H3,(H,18,21). The van der Waals surface area contributed by atoms with Crippen LogP contribution in [0.15, 0.2) is 53.2 Å². The second kappa shape index (κ2) is 5.89. The van der Waals surface area contributed by atoms with Crippen molar-refractivity contribution in [1.29, 1.82) is 0 Å². The third-order valence-corrected chi connectivity index (χ3v) is 3.44. The Morgan fingerprint density at radius 2 is 2.05 bits per heavy atom. The van der Waals surface area contributed by atoms with Gasteiger partial charge in [0.1, 0.15) is 11.5 Å². The third-order valence-electron chi connectivity index (χ3n) is 3.44. The van der Waals surface area contributed by atoms with E-state index in [4.69, 9.17) is 4.42 Å². The summed E-state index contributed by atoms with van der Waals surface area (Å²) in [6.07, 6.45) is 3.63. The van der Waals surface area contributed by atoms with Crippen LogP contribution in [0.3, 0.4) is 0 Å². The Kier molecular flexibility index (Phi) is 3.78. The zero-order chi connectivity index (χ0) is 15.5. The SMILES string of the molecule is Cc1cc(C(=O)NCc2ccc(-n3cccn3)cc2)c(C)o1. The number of nitrogens with one attached hydrogen (secondary N) is 1. The van der Waals surface area contributed by atoms with Gasteiger partial charge in [-0.1, -0.05) is 12.1 Å². The topological polar surface area (TPSA) is 60.1 Å². The van der Waals surface area contributed by atoms with Gasteiger partial charge in [0.25, 0.3) is 5.91 Å². The van der Waals surface area contributed by atoms with Crippen molar-refractivity contribution in [3.05, 3.63) is 71.4 Å². The minimum absolute atomic E-state index is 0.120. The van der Waals surface area contributed by atoms with E-state index in [1.165, 1.54) is 0 Å². The van der Waals surface area contributed by atoms with Crippen molar-refractivity contribution in [3.8, 4) is 5.69 Å². The van der Waals surface area contributed by atoms with E-state index in [2.05, 4.69) is 10.4 Å². The molecule has 0 unspecified atom stereocenters. The van der Waals surface area contributed by atoms with Crippen LogP contribution in [0.25, 0.3) is 5.69 Å². The van der Waals surface area contributed by atoms with E-state index in [1.807, 2.05) is 43.5 Å². The molecule has 1 aromatic carbocycles. The highest BCUT2D eigenvalue weighted by Crippen LogP contribution is 2.14. The number of furan rings is 1. The van der Waals surface area contributed by atoms with Gasteiger partial charge in [-0.2, -0.15) is 5.10 Å². The van der Waals surface area contributed by atoms with E-state index < -0.39 is 0 Å². The lowest BCUT2D eigenvalue weighted by molar-refractivity contribution is 0.0949. The van der Waals surface area contributed by atoms with E-state index in [1.54, 1.807) is 23.9 Å². The molecule has 0 aliphatic rings.